The molecule has 1 N–H and O–H groups in total. The molecule has 3 heterocycles. The van der Waals surface area contributed by atoms with Crippen LogP contribution in [0.2, 0.25) is 0 Å². The van der Waals surface area contributed by atoms with Gasteiger partial charge in [-0.25, -0.2) is 4.79 Å². The number of phenolic OH excluding ortho intramolecular Hbond substituents is 1. The molecule has 0 saturated carbocycles. The number of ether oxygens (including phenoxy) is 1. The first-order valence-corrected chi connectivity index (χ1v) is 9.78. The maximum atomic E-state index is 11.9. The Labute approximate surface area is 159 Å². The van der Waals surface area contributed by atoms with Gasteiger partial charge in [0.2, 0.25) is 5.95 Å². The van der Waals surface area contributed by atoms with E-state index in [1.807, 2.05) is 0 Å². The molecular weight excluding hydrogens is 368 g/mol. The summed E-state index contributed by atoms with van der Waals surface area (Å²) < 4.78 is 12.7. The minimum Gasteiger partial charge on any atom is -0.508 e. The van der Waals surface area contributed by atoms with Gasteiger partial charge in [0.1, 0.15) is 11.3 Å². The quantitative estimate of drug-likeness (QED) is 0.525. The Morgan fingerprint density at radius 1 is 1.22 bits per heavy atom. The molecule has 27 heavy (non-hydrogen) atoms. The SMILES string of the molecule is CCn1c(SCc2cc(=O)oc3cc(O)ccc23)nnc1N1CCOCC1. The Bertz CT molecular complexity index is 1010. The van der Waals surface area contributed by atoms with Crippen LogP contribution in [-0.4, -0.2) is 46.2 Å². The molecule has 0 radical (unpaired) electrons. The molecule has 1 aliphatic heterocycles. The average molecular weight is 388 g/mol. The first-order chi connectivity index (χ1) is 13.2. The largest absolute Gasteiger partial charge is 0.508 e. The van der Waals surface area contributed by atoms with Crippen molar-refractivity contribution in [3.63, 3.8) is 0 Å². The number of anilines is 1. The Balaban J connectivity index is 1.60. The highest BCUT2D eigenvalue weighted by Crippen LogP contribution is 2.29. The van der Waals surface area contributed by atoms with Crippen LogP contribution < -0.4 is 10.5 Å². The van der Waals surface area contributed by atoms with Gasteiger partial charge in [0.15, 0.2) is 5.16 Å². The van der Waals surface area contributed by atoms with Crippen LogP contribution in [0.3, 0.4) is 0 Å². The van der Waals surface area contributed by atoms with Gasteiger partial charge in [-0.05, 0) is 24.6 Å². The molecule has 0 bridgehead atoms. The number of phenols is 1. The predicted molar refractivity (Wildman–Crippen MR) is 102 cm³/mol. The highest BCUT2D eigenvalue weighted by molar-refractivity contribution is 7.98. The van der Waals surface area contributed by atoms with Gasteiger partial charge in [-0.15, -0.1) is 10.2 Å². The van der Waals surface area contributed by atoms with E-state index in [9.17, 15) is 9.90 Å². The molecule has 2 aromatic heterocycles. The maximum Gasteiger partial charge on any atom is 0.336 e. The third kappa shape index (κ3) is 3.65. The fourth-order valence-electron chi connectivity index (χ4n) is 3.14. The lowest BCUT2D eigenvalue weighted by molar-refractivity contribution is 0.121. The molecule has 0 amide bonds. The molecule has 142 valence electrons. The Morgan fingerprint density at radius 3 is 2.81 bits per heavy atom. The van der Waals surface area contributed by atoms with E-state index in [4.69, 9.17) is 9.15 Å². The number of benzene rings is 1. The third-order valence-corrected chi connectivity index (χ3v) is 5.49. The molecule has 0 spiro atoms. The molecule has 8 nitrogen and oxygen atoms in total. The van der Waals surface area contributed by atoms with Crippen LogP contribution in [0.5, 0.6) is 5.75 Å². The van der Waals surface area contributed by atoms with Crippen LogP contribution >= 0.6 is 11.8 Å². The highest BCUT2D eigenvalue weighted by Gasteiger charge is 2.20. The standard InChI is InChI=1S/C18H20N4O4S/c1-2-22-17(21-5-7-25-8-6-21)19-20-18(22)27-11-12-9-16(24)26-15-10-13(23)3-4-14(12)15/h3-4,9-10,23H,2,5-8,11H2,1H3. The molecule has 1 aromatic carbocycles. The summed E-state index contributed by atoms with van der Waals surface area (Å²) in [6.07, 6.45) is 0. The molecule has 9 heteroatoms. The minimum atomic E-state index is -0.435. The lowest BCUT2D eigenvalue weighted by atomic mass is 10.1. The molecular formula is C18H20N4O4S. The molecule has 1 saturated heterocycles. The first-order valence-electron chi connectivity index (χ1n) is 8.80. The summed E-state index contributed by atoms with van der Waals surface area (Å²) in [6.45, 7) is 5.81. The van der Waals surface area contributed by atoms with Crippen molar-refractivity contribution < 1.29 is 14.3 Å². The van der Waals surface area contributed by atoms with E-state index in [2.05, 4.69) is 26.6 Å². The van der Waals surface area contributed by atoms with Crippen LogP contribution in [0.4, 0.5) is 5.95 Å². The van der Waals surface area contributed by atoms with Crippen LogP contribution in [-0.2, 0) is 17.0 Å². The number of hydrogen-bond acceptors (Lipinski definition) is 8. The van der Waals surface area contributed by atoms with Crippen LogP contribution in [0, 0.1) is 0 Å². The van der Waals surface area contributed by atoms with E-state index in [0.29, 0.717) is 24.5 Å². The average Bonchev–Trinajstić information content (AvgIpc) is 3.09. The molecule has 1 fully saturated rings. The zero-order valence-electron chi connectivity index (χ0n) is 14.9. The van der Waals surface area contributed by atoms with Gasteiger partial charge < -0.3 is 19.2 Å². The first kappa shape index (κ1) is 17.9. The van der Waals surface area contributed by atoms with Gasteiger partial charge in [0, 0.05) is 42.9 Å². The number of morpholine rings is 1. The number of hydrogen-bond donors (Lipinski definition) is 1. The van der Waals surface area contributed by atoms with Crippen molar-refractivity contribution in [1.29, 1.82) is 0 Å². The van der Waals surface area contributed by atoms with Crippen molar-refractivity contribution in [3.05, 3.63) is 40.2 Å². The summed E-state index contributed by atoms with van der Waals surface area (Å²) in [6, 6.07) is 6.28. The Morgan fingerprint density at radius 2 is 2.04 bits per heavy atom. The van der Waals surface area contributed by atoms with Crippen molar-refractivity contribution in [2.75, 3.05) is 31.2 Å². The summed E-state index contributed by atoms with van der Waals surface area (Å²) in [5, 5.41) is 19.9. The number of aromatic nitrogens is 3. The fourth-order valence-corrected chi connectivity index (χ4v) is 4.13. The van der Waals surface area contributed by atoms with Crippen molar-refractivity contribution in [3.8, 4) is 5.75 Å². The number of nitrogens with zero attached hydrogens (tertiary/aromatic N) is 4. The topological polar surface area (TPSA) is 93.6 Å². The normalized spacial score (nSPS) is 14.8. The van der Waals surface area contributed by atoms with E-state index >= 15 is 0 Å². The van der Waals surface area contributed by atoms with E-state index in [1.165, 1.54) is 23.9 Å². The van der Waals surface area contributed by atoms with E-state index in [1.54, 1.807) is 12.1 Å². The third-order valence-electron chi connectivity index (χ3n) is 4.48. The monoisotopic (exact) mass is 388 g/mol. The van der Waals surface area contributed by atoms with Crippen molar-refractivity contribution in [2.24, 2.45) is 0 Å². The summed E-state index contributed by atoms with van der Waals surface area (Å²) in [5.41, 5.74) is 0.781. The summed E-state index contributed by atoms with van der Waals surface area (Å²) in [5.74, 6) is 1.47. The zero-order valence-corrected chi connectivity index (χ0v) is 15.7. The van der Waals surface area contributed by atoms with Gasteiger partial charge in [0.25, 0.3) is 0 Å². The molecule has 1 aliphatic rings. The van der Waals surface area contributed by atoms with Crippen LogP contribution in [0.25, 0.3) is 11.0 Å². The number of thioether (sulfide) groups is 1. The molecule has 4 rings (SSSR count). The lowest BCUT2D eigenvalue weighted by Crippen LogP contribution is -2.38. The van der Waals surface area contributed by atoms with Gasteiger partial charge in [0.05, 0.1) is 13.2 Å². The second-order valence-electron chi connectivity index (χ2n) is 6.19. The minimum absolute atomic E-state index is 0.0660. The van der Waals surface area contributed by atoms with Crippen LogP contribution in [0.1, 0.15) is 12.5 Å². The summed E-state index contributed by atoms with van der Waals surface area (Å²) in [4.78, 5) is 14.0. The predicted octanol–water partition coefficient (Wildman–Crippen LogP) is 2.24. The van der Waals surface area contributed by atoms with E-state index in [-0.39, 0.29) is 5.75 Å². The number of aromatic hydroxyl groups is 1. The Kier molecular flexibility index (Phi) is 5.04. The summed E-state index contributed by atoms with van der Waals surface area (Å²) in [7, 11) is 0. The van der Waals surface area contributed by atoms with Gasteiger partial charge in [-0.2, -0.15) is 0 Å². The molecule has 0 atom stereocenters. The zero-order chi connectivity index (χ0) is 18.8. The molecule has 0 aliphatic carbocycles. The van der Waals surface area contributed by atoms with Crippen molar-refractivity contribution in [1.82, 2.24) is 14.8 Å². The van der Waals surface area contributed by atoms with Gasteiger partial charge in [-0.1, -0.05) is 11.8 Å². The van der Waals surface area contributed by atoms with Gasteiger partial charge >= 0.3 is 5.63 Å². The highest BCUT2D eigenvalue weighted by atomic mass is 32.2. The van der Waals surface area contributed by atoms with Crippen molar-refractivity contribution in [2.45, 2.75) is 24.4 Å². The van der Waals surface area contributed by atoms with Gasteiger partial charge in [-0.3, -0.25) is 4.57 Å². The van der Waals surface area contributed by atoms with Crippen molar-refractivity contribution >= 4 is 28.7 Å². The maximum absolute atomic E-state index is 11.9. The second-order valence-corrected chi connectivity index (χ2v) is 7.13. The van der Waals surface area contributed by atoms with Crippen LogP contribution in [0.15, 0.2) is 38.6 Å². The number of fused-ring (bicyclic) bond motifs is 1. The van der Waals surface area contributed by atoms with E-state index in [0.717, 1.165) is 41.7 Å². The summed E-state index contributed by atoms with van der Waals surface area (Å²) >= 11 is 1.53. The fraction of sp³-hybridized carbons (Fsp3) is 0.389. The second kappa shape index (κ2) is 7.61. The number of rotatable bonds is 5. The van der Waals surface area contributed by atoms with E-state index < -0.39 is 5.63 Å². The molecule has 0 unspecified atom stereocenters. The lowest BCUT2D eigenvalue weighted by Gasteiger charge is -2.27. The Hall–Kier alpha value is -2.52. The smallest absolute Gasteiger partial charge is 0.336 e. The molecule has 3 aromatic rings.